The molecule has 1 atom stereocenters. The fraction of sp³-hybridized carbons (Fsp3) is 0.0714. The molecule has 0 amide bonds. The number of nitriles is 1. The molecule has 1 N–H and O–H groups in total. The Balaban J connectivity index is 2.53. The van der Waals surface area contributed by atoms with E-state index >= 15 is 0 Å². The highest BCUT2D eigenvalue weighted by molar-refractivity contribution is 7.91. The first-order valence-corrected chi connectivity index (χ1v) is 8.55. The Morgan fingerprint density at radius 2 is 2.00 bits per heavy atom. The molecular weight excluding hydrogens is 350 g/mol. The molecule has 1 unspecified atom stereocenters. The summed E-state index contributed by atoms with van der Waals surface area (Å²) in [7, 11) is -3.09. The van der Waals surface area contributed by atoms with Crippen molar-refractivity contribution in [3.63, 3.8) is 0 Å². The summed E-state index contributed by atoms with van der Waals surface area (Å²) in [6, 6.07) is 8.12. The summed E-state index contributed by atoms with van der Waals surface area (Å²) < 4.78 is 38.1. The summed E-state index contributed by atoms with van der Waals surface area (Å²) in [6.45, 7) is 0. The van der Waals surface area contributed by atoms with Gasteiger partial charge < -0.3 is 4.74 Å². The molecule has 8 heteroatoms. The van der Waals surface area contributed by atoms with Crippen molar-refractivity contribution in [2.24, 2.45) is 0 Å². The Kier molecular flexibility index (Phi) is 4.61. The molecule has 0 radical (unpaired) electrons. The van der Waals surface area contributed by atoms with Crippen LogP contribution < -0.4 is 4.74 Å². The average Bonchev–Trinajstić information content (AvgIpc) is 2.36. The van der Waals surface area contributed by atoms with E-state index in [2.05, 4.69) is 0 Å². The van der Waals surface area contributed by atoms with E-state index in [1.54, 1.807) is 0 Å². The minimum atomic E-state index is -3.09. The first-order valence-electron chi connectivity index (χ1n) is 5.82. The number of halogens is 3. The van der Waals surface area contributed by atoms with Gasteiger partial charge in [-0.15, -0.1) is 0 Å². The van der Waals surface area contributed by atoms with Crippen molar-refractivity contribution in [2.45, 2.75) is 4.90 Å². The zero-order valence-corrected chi connectivity index (χ0v) is 13.5. The van der Waals surface area contributed by atoms with E-state index in [0.717, 1.165) is 12.1 Å². The van der Waals surface area contributed by atoms with Crippen molar-refractivity contribution >= 4 is 32.9 Å². The van der Waals surface area contributed by atoms with Gasteiger partial charge in [-0.05, 0) is 24.3 Å². The molecule has 2 rings (SSSR count). The Morgan fingerprint density at radius 3 is 2.55 bits per heavy atom. The minimum Gasteiger partial charge on any atom is -0.456 e. The van der Waals surface area contributed by atoms with Crippen LogP contribution in [0.15, 0.2) is 35.2 Å². The molecule has 0 bridgehead atoms. The molecule has 0 aromatic heterocycles. The smallest absolute Gasteiger partial charge is 0.146 e. The molecule has 0 fully saturated rings. The summed E-state index contributed by atoms with van der Waals surface area (Å²) in [5.41, 5.74) is -0.0821. The maximum absolute atomic E-state index is 13.3. The van der Waals surface area contributed by atoms with Gasteiger partial charge in [-0.25, -0.2) is 13.4 Å². The number of nitrogens with one attached hydrogen (secondary N) is 1. The number of nitrogens with zero attached hydrogens (tertiary/aromatic N) is 1. The highest BCUT2D eigenvalue weighted by atomic mass is 35.5. The largest absolute Gasteiger partial charge is 0.456 e. The van der Waals surface area contributed by atoms with E-state index in [-0.39, 0.29) is 32.0 Å². The fourth-order valence-corrected chi connectivity index (χ4v) is 3.37. The molecular formula is C14H9Cl2FN2O2S. The summed E-state index contributed by atoms with van der Waals surface area (Å²) in [5, 5.41) is 9.23. The van der Waals surface area contributed by atoms with Gasteiger partial charge in [0.2, 0.25) is 0 Å². The second-order valence-electron chi connectivity index (χ2n) is 4.41. The fourth-order valence-electron chi connectivity index (χ4n) is 1.74. The van der Waals surface area contributed by atoms with Crippen molar-refractivity contribution < 1.29 is 13.3 Å². The van der Waals surface area contributed by atoms with Gasteiger partial charge in [0.25, 0.3) is 0 Å². The maximum Gasteiger partial charge on any atom is 0.146 e. The monoisotopic (exact) mass is 358 g/mol. The highest BCUT2D eigenvalue weighted by Crippen LogP contribution is 2.35. The molecule has 0 aliphatic rings. The van der Waals surface area contributed by atoms with Gasteiger partial charge in [0.05, 0.1) is 19.6 Å². The molecule has 22 heavy (non-hydrogen) atoms. The Labute approximate surface area is 137 Å². The van der Waals surface area contributed by atoms with Crippen LogP contribution in [0.1, 0.15) is 5.56 Å². The van der Waals surface area contributed by atoms with E-state index < -0.39 is 15.5 Å². The quantitative estimate of drug-likeness (QED) is 0.853. The van der Waals surface area contributed by atoms with E-state index in [9.17, 15) is 13.9 Å². The molecule has 0 aliphatic carbocycles. The van der Waals surface area contributed by atoms with E-state index in [0.29, 0.717) is 0 Å². The van der Waals surface area contributed by atoms with Crippen LogP contribution in [0, 0.1) is 21.9 Å². The SMILES string of the molecule is CS(=N)(=O)c1ccc(Oc2cc(F)cc(Cl)c2)c(C#N)c1Cl. The van der Waals surface area contributed by atoms with Crippen LogP contribution in [0.2, 0.25) is 10.0 Å². The lowest BCUT2D eigenvalue weighted by Gasteiger charge is -2.12. The van der Waals surface area contributed by atoms with Gasteiger partial charge in [0.1, 0.15) is 28.9 Å². The van der Waals surface area contributed by atoms with E-state index in [4.69, 9.17) is 32.7 Å². The third-order valence-electron chi connectivity index (χ3n) is 2.66. The molecule has 4 nitrogen and oxygen atoms in total. The van der Waals surface area contributed by atoms with Gasteiger partial charge >= 0.3 is 0 Å². The van der Waals surface area contributed by atoms with Crippen LogP contribution in [0.25, 0.3) is 0 Å². The predicted octanol–water partition coefficient (Wildman–Crippen LogP) is 4.83. The van der Waals surface area contributed by atoms with E-state index in [1.165, 1.54) is 24.5 Å². The van der Waals surface area contributed by atoms with Crippen molar-refractivity contribution in [3.8, 4) is 17.6 Å². The molecule has 0 saturated heterocycles. The molecule has 114 valence electrons. The Bertz CT molecular complexity index is 872. The molecule has 0 spiro atoms. The number of rotatable bonds is 3. The third-order valence-corrected chi connectivity index (χ3v) is 4.57. The van der Waals surface area contributed by atoms with Crippen LogP contribution in [0.4, 0.5) is 4.39 Å². The summed E-state index contributed by atoms with van der Waals surface area (Å²) in [6.07, 6.45) is 1.20. The summed E-state index contributed by atoms with van der Waals surface area (Å²) >= 11 is 11.8. The summed E-state index contributed by atoms with van der Waals surface area (Å²) in [5.74, 6) is -0.443. The molecule has 2 aromatic rings. The highest BCUT2D eigenvalue weighted by Gasteiger charge is 2.18. The zero-order chi connectivity index (χ0) is 16.5. The summed E-state index contributed by atoms with van der Waals surface area (Å²) in [4.78, 5) is 0.0374. The van der Waals surface area contributed by atoms with Gasteiger partial charge in [0, 0.05) is 17.3 Å². The second-order valence-corrected chi connectivity index (χ2v) is 7.35. The van der Waals surface area contributed by atoms with Gasteiger partial charge in [0.15, 0.2) is 0 Å². The average molecular weight is 359 g/mol. The standard InChI is InChI=1S/C14H9Cl2FN2O2S/c1-22(19,20)13-3-2-12(11(7-18)14(13)16)21-10-5-8(15)4-9(17)6-10/h2-6,19H,1H3. The third kappa shape index (κ3) is 3.50. The Morgan fingerprint density at radius 1 is 1.32 bits per heavy atom. The van der Waals surface area contributed by atoms with Crippen LogP contribution in [0.5, 0.6) is 11.5 Å². The number of ether oxygens (including phenoxy) is 1. The topological polar surface area (TPSA) is 73.9 Å². The van der Waals surface area contributed by atoms with Gasteiger partial charge in [-0.1, -0.05) is 23.2 Å². The maximum atomic E-state index is 13.3. The lowest BCUT2D eigenvalue weighted by atomic mass is 10.2. The lowest BCUT2D eigenvalue weighted by molar-refractivity contribution is 0.475. The lowest BCUT2D eigenvalue weighted by Crippen LogP contribution is -1.99. The van der Waals surface area contributed by atoms with Crippen molar-refractivity contribution in [1.82, 2.24) is 0 Å². The van der Waals surface area contributed by atoms with Crippen LogP contribution in [-0.2, 0) is 9.73 Å². The first-order chi connectivity index (χ1) is 10.2. The normalized spacial score (nSPS) is 13.2. The van der Waals surface area contributed by atoms with Crippen LogP contribution in [-0.4, -0.2) is 10.5 Å². The van der Waals surface area contributed by atoms with Crippen molar-refractivity contribution in [1.29, 1.82) is 10.0 Å². The molecule has 0 aliphatic heterocycles. The predicted molar refractivity (Wildman–Crippen MR) is 82.7 cm³/mol. The molecule has 0 saturated carbocycles. The number of hydrogen-bond donors (Lipinski definition) is 1. The van der Waals surface area contributed by atoms with Crippen molar-refractivity contribution in [3.05, 3.63) is 51.8 Å². The van der Waals surface area contributed by atoms with Gasteiger partial charge in [-0.2, -0.15) is 5.26 Å². The van der Waals surface area contributed by atoms with Crippen molar-refractivity contribution in [2.75, 3.05) is 6.26 Å². The Hall–Kier alpha value is -1.81. The zero-order valence-electron chi connectivity index (χ0n) is 11.2. The van der Waals surface area contributed by atoms with E-state index in [1.807, 2.05) is 6.07 Å². The number of hydrogen-bond acceptors (Lipinski definition) is 4. The van der Waals surface area contributed by atoms with Crippen LogP contribution in [0.3, 0.4) is 0 Å². The molecule has 2 aromatic carbocycles. The minimum absolute atomic E-state index is 0.0374. The van der Waals surface area contributed by atoms with Gasteiger partial charge in [-0.3, -0.25) is 0 Å². The first kappa shape index (κ1) is 16.6. The van der Waals surface area contributed by atoms with Crippen LogP contribution >= 0.6 is 23.2 Å². The number of benzene rings is 2. The second kappa shape index (κ2) is 6.13. The molecule has 0 heterocycles.